The van der Waals surface area contributed by atoms with Crippen LogP contribution in [0.1, 0.15) is 66.4 Å². The highest BCUT2D eigenvalue weighted by Gasteiger charge is 1.97. The van der Waals surface area contributed by atoms with Gasteiger partial charge in [0.1, 0.15) is 5.78 Å². The maximum Gasteiger partial charge on any atom is 0.130 e. The number of hydrogen-bond donors (Lipinski definition) is 2. The number of benzene rings is 1. The number of unbranched alkanes of at least 4 members (excludes halogenated alkanes) is 1. The van der Waals surface area contributed by atoms with Crippen LogP contribution in [0.3, 0.4) is 0 Å². The molecule has 0 atom stereocenters. The standard InChI is InChI=1S/C12H10N2.C6H12O.C4H10.C2H5N/c13-9-10-4-3-5-11(8-10)12-6-1-2-7-14-12;1-5(2)4-6(3)7;1-3-4-2;1-2-3/h1-9,13H;5H,4H2,1-3H3;3-4H2,1-2H3;2-3H,1H3. The Hall–Kier alpha value is -2.62. The largest absolute Gasteiger partial charge is 0.313 e. The molecule has 1 heterocycles. The van der Waals surface area contributed by atoms with Crippen molar-refractivity contribution in [2.45, 2.75) is 60.8 Å². The molecule has 1 aromatic heterocycles. The summed E-state index contributed by atoms with van der Waals surface area (Å²) >= 11 is 0. The Balaban J connectivity index is 0. The van der Waals surface area contributed by atoms with E-state index in [0.717, 1.165) is 23.2 Å². The molecule has 1 aromatic carbocycles. The molecule has 2 N–H and O–H groups in total. The maximum absolute atomic E-state index is 10.3. The van der Waals surface area contributed by atoms with E-state index in [1.165, 1.54) is 25.3 Å². The molecule has 4 nitrogen and oxygen atoms in total. The second-order valence-corrected chi connectivity index (χ2v) is 6.57. The molecule has 0 saturated heterocycles. The molecule has 0 bridgehead atoms. The molecular formula is C24H37N3O. The van der Waals surface area contributed by atoms with Crippen LogP contribution < -0.4 is 0 Å². The van der Waals surface area contributed by atoms with Gasteiger partial charge in [0.2, 0.25) is 0 Å². The monoisotopic (exact) mass is 383 g/mol. The zero-order chi connectivity index (χ0) is 21.8. The van der Waals surface area contributed by atoms with Crippen molar-refractivity contribution in [2.24, 2.45) is 5.92 Å². The molecule has 0 spiro atoms. The van der Waals surface area contributed by atoms with E-state index in [1.54, 1.807) is 20.0 Å². The van der Waals surface area contributed by atoms with E-state index in [4.69, 9.17) is 10.8 Å². The first kappa shape index (κ1) is 27.6. The molecule has 0 amide bonds. The van der Waals surface area contributed by atoms with Gasteiger partial charge in [0, 0.05) is 24.4 Å². The molecule has 0 unspecified atom stereocenters. The number of nitrogens with zero attached hydrogens (tertiary/aromatic N) is 1. The number of Topliss-reactive ketones (excluding diaryl/α,β-unsaturated/α-hetero) is 1. The van der Waals surface area contributed by atoms with Crippen LogP contribution in [-0.2, 0) is 4.79 Å². The molecule has 2 rings (SSSR count). The zero-order valence-corrected chi connectivity index (χ0v) is 18.3. The molecule has 0 saturated carbocycles. The molecule has 0 fully saturated rings. The summed E-state index contributed by atoms with van der Waals surface area (Å²) < 4.78 is 0. The molecule has 0 aliphatic heterocycles. The van der Waals surface area contributed by atoms with Gasteiger partial charge in [-0.3, -0.25) is 4.98 Å². The van der Waals surface area contributed by atoms with Crippen LogP contribution >= 0.6 is 0 Å². The maximum atomic E-state index is 10.3. The van der Waals surface area contributed by atoms with Crippen LogP contribution in [0.4, 0.5) is 0 Å². The number of aromatic nitrogens is 1. The molecule has 0 aliphatic carbocycles. The van der Waals surface area contributed by atoms with Crippen LogP contribution in [0, 0.1) is 16.7 Å². The lowest BCUT2D eigenvalue weighted by Crippen LogP contribution is -1.95. The molecule has 0 radical (unpaired) electrons. The number of carbonyl (C=O) groups excluding carboxylic acids is 1. The third-order valence-electron chi connectivity index (χ3n) is 3.21. The first-order chi connectivity index (χ1) is 13.4. The fourth-order valence-corrected chi connectivity index (χ4v) is 1.90. The zero-order valence-electron chi connectivity index (χ0n) is 18.3. The Morgan fingerprint density at radius 2 is 1.68 bits per heavy atom. The topological polar surface area (TPSA) is 77.7 Å². The van der Waals surface area contributed by atoms with Crippen LogP contribution in [0.15, 0.2) is 48.7 Å². The third kappa shape index (κ3) is 16.8. The third-order valence-corrected chi connectivity index (χ3v) is 3.21. The van der Waals surface area contributed by atoms with Gasteiger partial charge >= 0.3 is 0 Å². The van der Waals surface area contributed by atoms with E-state index in [-0.39, 0.29) is 5.78 Å². The van der Waals surface area contributed by atoms with Gasteiger partial charge in [-0.2, -0.15) is 0 Å². The van der Waals surface area contributed by atoms with Crippen LogP contribution in [0.25, 0.3) is 11.3 Å². The molecular weight excluding hydrogens is 346 g/mol. The number of nitrogens with one attached hydrogen (secondary N) is 2. The van der Waals surface area contributed by atoms with Crippen LogP contribution in [0.5, 0.6) is 0 Å². The van der Waals surface area contributed by atoms with E-state index in [2.05, 4.69) is 18.8 Å². The van der Waals surface area contributed by atoms with Crippen molar-refractivity contribution in [1.29, 1.82) is 10.8 Å². The minimum atomic E-state index is 0.287. The lowest BCUT2D eigenvalue weighted by Gasteiger charge is -2.00. The summed E-state index contributed by atoms with van der Waals surface area (Å²) in [5.74, 6) is 0.813. The normalized spacial score (nSPS) is 8.82. The van der Waals surface area contributed by atoms with E-state index in [1.807, 2.05) is 56.3 Å². The van der Waals surface area contributed by atoms with E-state index < -0.39 is 0 Å². The van der Waals surface area contributed by atoms with Crippen LogP contribution in [-0.4, -0.2) is 23.2 Å². The summed E-state index contributed by atoms with van der Waals surface area (Å²) in [5, 5.41) is 13.2. The summed E-state index contributed by atoms with van der Waals surface area (Å²) in [6.45, 7) is 11.7. The van der Waals surface area contributed by atoms with Crippen molar-refractivity contribution in [3.63, 3.8) is 0 Å². The number of ketones is 1. The Morgan fingerprint density at radius 3 is 2.04 bits per heavy atom. The van der Waals surface area contributed by atoms with E-state index in [9.17, 15) is 4.79 Å². The van der Waals surface area contributed by atoms with Gasteiger partial charge in [-0.1, -0.05) is 64.8 Å². The van der Waals surface area contributed by atoms with Crippen LogP contribution in [0.2, 0.25) is 0 Å². The summed E-state index contributed by atoms with van der Waals surface area (Å²) in [7, 11) is 0. The summed E-state index contributed by atoms with van der Waals surface area (Å²) in [5.41, 5.74) is 2.89. The Bertz CT molecular complexity index is 650. The Morgan fingerprint density at radius 1 is 1.07 bits per heavy atom. The summed E-state index contributed by atoms with van der Waals surface area (Å²) in [6, 6.07) is 13.6. The fraction of sp³-hybridized carbons (Fsp3) is 0.417. The van der Waals surface area contributed by atoms with Gasteiger partial charge in [0.25, 0.3) is 0 Å². The smallest absolute Gasteiger partial charge is 0.130 e. The lowest BCUT2D eigenvalue weighted by atomic mass is 10.1. The van der Waals surface area contributed by atoms with E-state index >= 15 is 0 Å². The predicted molar refractivity (Wildman–Crippen MR) is 123 cm³/mol. The van der Waals surface area contributed by atoms with Gasteiger partial charge in [0.15, 0.2) is 0 Å². The second kappa shape index (κ2) is 19.2. The average molecular weight is 384 g/mol. The predicted octanol–water partition coefficient (Wildman–Crippen LogP) is 6.83. The summed E-state index contributed by atoms with van der Waals surface area (Å²) in [6.07, 6.45) is 7.72. The minimum Gasteiger partial charge on any atom is -0.313 e. The van der Waals surface area contributed by atoms with Gasteiger partial charge in [-0.25, -0.2) is 0 Å². The van der Waals surface area contributed by atoms with Gasteiger partial charge in [-0.05, 0) is 49.7 Å². The quantitative estimate of drug-likeness (QED) is 0.555. The van der Waals surface area contributed by atoms with Crippen molar-refractivity contribution in [1.82, 2.24) is 4.98 Å². The minimum absolute atomic E-state index is 0.287. The highest BCUT2D eigenvalue weighted by molar-refractivity contribution is 5.79. The molecule has 2 aromatic rings. The highest BCUT2D eigenvalue weighted by Crippen LogP contribution is 2.16. The Kier molecular flexibility index (Phi) is 18.9. The first-order valence-corrected chi connectivity index (χ1v) is 9.82. The van der Waals surface area contributed by atoms with Crippen molar-refractivity contribution in [2.75, 3.05) is 0 Å². The number of pyridine rings is 1. The van der Waals surface area contributed by atoms with Gasteiger partial charge < -0.3 is 15.6 Å². The molecule has 4 heteroatoms. The number of hydrogen-bond acceptors (Lipinski definition) is 4. The summed E-state index contributed by atoms with van der Waals surface area (Å²) in [4.78, 5) is 14.5. The fourth-order valence-electron chi connectivity index (χ4n) is 1.90. The van der Waals surface area contributed by atoms with Gasteiger partial charge in [-0.15, -0.1) is 0 Å². The van der Waals surface area contributed by atoms with Crippen molar-refractivity contribution in [3.8, 4) is 11.3 Å². The average Bonchev–Trinajstić information content (AvgIpc) is 2.69. The van der Waals surface area contributed by atoms with Gasteiger partial charge in [0.05, 0.1) is 5.69 Å². The lowest BCUT2D eigenvalue weighted by molar-refractivity contribution is -0.117. The molecule has 28 heavy (non-hydrogen) atoms. The number of rotatable bonds is 5. The van der Waals surface area contributed by atoms with Crippen molar-refractivity contribution < 1.29 is 4.79 Å². The first-order valence-electron chi connectivity index (χ1n) is 9.82. The Labute approximate surface area is 171 Å². The second-order valence-electron chi connectivity index (χ2n) is 6.57. The highest BCUT2D eigenvalue weighted by atomic mass is 16.1. The SMILES string of the molecule is CC(=O)CC(C)C.CC=N.CCCC.N=Cc1cccc(-c2ccccn2)c1. The van der Waals surface area contributed by atoms with Crippen molar-refractivity contribution in [3.05, 3.63) is 54.2 Å². The molecule has 154 valence electrons. The van der Waals surface area contributed by atoms with E-state index in [0.29, 0.717) is 5.92 Å². The number of carbonyl (C=O) groups is 1. The molecule has 0 aliphatic rings. The van der Waals surface area contributed by atoms with Crippen molar-refractivity contribution >= 4 is 18.2 Å².